The smallest absolute Gasteiger partial charge is 0.149 e. The fraction of sp³-hybridized carbons (Fsp3) is 0.238. The molecule has 0 unspecified atom stereocenters. The lowest BCUT2D eigenvalue weighted by Crippen LogP contribution is -2.30. The highest BCUT2D eigenvalue weighted by atomic mass is 79.9. The quantitative estimate of drug-likeness (QED) is 0.570. The van der Waals surface area contributed by atoms with Gasteiger partial charge >= 0.3 is 0 Å². The summed E-state index contributed by atoms with van der Waals surface area (Å²) in [6, 6.07) is 10.9. The summed E-state index contributed by atoms with van der Waals surface area (Å²) in [4.78, 5) is 9.31. The fourth-order valence-electron chi connectivity index (χ4n) is 3.46. The lowest BCUT2D eigenvalue weighted by Gasteiger charge is -2.30. The molecule has 0 radical (unpaired) electrons. The Morgan fingerprint density at radius 3 is 2.77 bits per heavy atom. The van der Waals surface area contributed by atoms with E-state index < -0.39 is 0 Å². The summed E-state index contributed by atoms with van der Waals surface area (Å²) in [5, 5.41) is 0.766. The number of nitrogens with zero attached hydrogens (tertiary/aromatic N) is 2. The fourth-order valence-corrected chi connectivity index (χ4v) is 4.11. The van der Waals surface area contributed by atoms with Gasteiger partial charge in [-0.25, -0.2) is 4.39 Å². The summed E-state index contributed by atoms with van der Waals surface area (Å²) >= 11 is 3.68. The van der Waals surface area contributed by atoms with E-state index in [4.69, 9.17) is 9.73 Å². The van der Waals surface area contributed by atoms with Crippen LogP contribution in [0.25, 0.3) is 10.9 Å². The Morgan fingerprint density at radius 1 is 1.19 bits per heavy atom. The van der Waals surface area contributed by atoms with E-state index in [0.29, 0.717) is 5.52 Å². The van der Waals surface area contributed by atoms with Crippen molar-refractivity contribution < 1.29 is 9.13 Å². The van der Waals surface area contributed by atoms with E-state index >= 15 is 0 Å². The van der Waals surface area contributed by atoms with Crippen molar-refractivity contribution >= 4 is 32.5 Å². The molecule has 0 fully saturated rings. The molecule has 0 amide bonds. The third-order valence-electron chi connectivity index (χ3n) is 4.64. The summed E-state index contributed by atoms with van der Waals surface area (Å²) in [5.41, 5.74) is 4.09. The molecule has 0 spiro atoms. The third-order valence-corrected chi connectivity index (χ3v) is 5.51. The highest BCUT2D eigenvalue weighted by molar-refractivity contribution is 9.10. The second-order valence-corrected chi connectivity index (χ2v) is 7.89. The minimum absolute atomic E-state index is 0.256. The van der Waals surface area contributed by atoms with Gasteiger partial charge in [-0.15, -0.1) is 0 Å². The van der Waals surface area contributed by atoms with Crippen LogP contribution in [0.5, 0.6) is 5.75 Å². The van der Waals surface area contributed by atoms with Crippen LogP contribution in [-0.2, 0) is 6.42 Å². The average molecular weight is 413 g/mol. The Hall–Kier alpha value is -2.27. The normalized spacial score (nSPS) is 15.5. The maximum atomic E-state index is 13.9. The molecular formula is C21H18BrFN2O. The lowest BCUT2D eigenvalue weighted by molar-refractivity contribution is 0.410. The molecule has 0 aliphatic carbocycles. The molecule has 1 aliphatic heterocycles. The SMILES string of the molecule is COc1ccc2c(c1Br)CC(C)(C)N=C2c1cnc2c(F)cccc2c1. The maximum Gasteiger partial charge on any atom is 0.149 e. The molecule has 0 atom stereocenters. The maximum absolute atomic E-state index is 13.9. The number of hydrogen-bond acceptors (Lipinski definition) is 3. The molecule has 26 heavy (non-hydrogen) atoms. The zero-order chi connectivity index (χ0) is 18.5. The van der Waals surface area contributed by atoms with Crippen molar-refractivity contribution in [3.8, 4) is 5.75 Å². The van der Waals surface area contributed by atoms with Gasteiger partial charge in [0, 0.05) is 22.7 Å². The van der Waals surface area contributed by atoms with E-state index in [-0.39, 0.29) is 11.4 Å². The molecule has 3 nitrogen and oxygen atoms in total. The Labute approximate surface area is 160 Å². The summed E-state index contributed by atoms with van der Waals surface area (Å²) in [7, 11) is 1.66. The van der Waals surface area contributed by atoms with Gasteiger partial charge in [-0.1, -0.05) is 12.1 Å². The van der Waals surface area contributed by atoms with Crippen molar-refractivity contribution in [3.63, 3.8) is 0 Å². The van der Waals surface area contributed by atoms with Crippen LogP contribution in [0.15, 0.2) is 52.1 Å². The van der Waals surface area contributed by atoms with Crippen LogP contribution >= 0.6 is 15.9 Å². The first-order valence-corrected chi connectivity index (χ1v) is 9.19. The summed E-state index contributed by atoms with van der Waals surface area (Å²) in [5.74, 6) is 0.493. The average Bonchev–Trinajstić information content (AvgIpc) is 2.61. The minimum atomic E-state index is -0.312. The van der Waals surface area contributed by atoms with E-state index in [1.807, 2.05) is 24.3 Å². The number of halogens is 2. The van der Waals surface area contributed by atoms with Crippen LogP contribution in [0.2, 0.25) is 0 Å². The number of benzene rings is 2. The van der Waals surface area contributed by atoms with E-state index in [9.17, 15) is 4.39 Å². The van der Waals surface area contributed by atoms with Crippen LogP contribution in [0.3, 0.4) is 0 Å². The monoisotopic (exact) mass is 412 g/mol. The lowest BCUT2D eigenvalue weighted by atomic mass is 9.85. The summed E-state index contributed by atoms with van der Waals surface area (Å²) in [6.45, 7) is 4.21. The van der Waals surface area contributed by atoms with Gasteiger partial charge in [0.1, 0.15) is 17.1 Å². The van der Waals surface area contributed by atoms with Gasteiger partial charge in [-0.2, -0.15) is 0 Å². The zero-order valence-corrected chi connectivity index (χ0v) is 16.4. The van der Waals surface area contributed by atoms with Crippen molar-refractivity contribution in [2.24, 2.45) is 4.99 Å². The van der Waals surface area contributed by atoms with Gasteiger partial charge in [0.2, 0.25) is 0 Å². The van der Waals surface area contributed by atoms with Crippen LogP contribution < -0.4 is 4.74 Å². The number of rotatable bonds is 2. The number of methoxy groups -OCH3 is 1. The molecule has 2 aromatic carbocycles. The standard InChI is InChI=1S/C21H18BrFN2O/c1-21(2)10-15-14(7-8-17(26-3)18(15)22)19(25-21)13-9-12-5-4-6-16(23)20(12)24-11-13/h4-9,11H,10H2,1-3H3. The second kappa shape index (κ2) is 6.16. The number of para-hydroxylation sites is 1. The van der Waals surface area contributed by atoms with Crippen molar-refractivity contribution in [1.29, 1.82) is 0 Å². The Bertz CT molecular complexity index is 1060. The molecule has 0 saturated heterocycles. The number of fused-ring (bicyclic) bond motifs is 2. The van der Waals surface area contributed by atoms with Crippen LogP contribution in [0, 0.1) is 5.82 Å². The molecule has 1 aromatic heterocycles. The number of ether oxygens (including phenoxy) is 1. The molecule has 0 saturated carbocycles. The van der Waals surface area contributed by atoms with E-state index in [2.05, 4.69) is 34.8 Å². The molecule has 132 valence electrons. The molecule has 1 aliphatic rings. The van der Waals surface area contributed by atoms with Crippen molar-refractivity contribution in [2.45, 2.75) is 25.8 Å². The van der Waals surface area contributed by atoms with Gasteiger partial charge in [0.25, 0.3) is 0 Å². The van der Waals surface area contributed by atoms with E-state index in [1.54, 1.807) is 19.4 Å². The highest BCUT2D eigenvalue weighted by Gasteiger charge is 2.30. The molecule has 0 N–H and O–H groups in total. The number of aromatic nitrogens is 1. The topological polar surface area (TPSA) is 34.5 Å². The highest BCUT2D eigenvalue weighted by Crippen LogP contribution is 2.38. The molecule has 0 bridgehead atoms. The Morgan fingerprint density at radius 2 is 2.00 bits per heavy atom. The molecule has 5 heteroatoms. The van der Waals surface area contributed by atoms with Gasteiger partial charge < -0.3 is 4.74 Å². The Balaban J connectivity index is 1.94. The van der Waals surface area contributed by atoms with E-state index in [0.717, 1.165) is 38.9 Å². The molecule has 2 heterocycles. The van der Waals surface area contributed by atoms with Crippen LogP contribution in [-0.4, -0.2) is 23.3 Å². The molecule has 4 rings (SSSR count). The van der Waals surface area contributed by atoms with Gasteiger partial charge in [-0.3, -0.25) is 9.98 Å². The Kier molecular flexibility index (Phi) is 4.07. The van der Waals surface area contributed by atoms with Crippen LogP contribution in [0.4, 0.5) is 4.39 Å². The number of aliphatic imine (C=N–C) groups is 1. The predicted octanol–water partition coefficient (Wildman–Crippen LogP) is 5.32. The predicted molar refractivity (Wildman–Crippen MR) is 106 cm³/mol. The van der Waals surface area contributed by atoms with Gasteiger partial charge in [0.15, 0.2) is 0 Å². The van der Waals surface area contributed by atoms with Crippen molar-refractivity contribution in [1.82, 2.24) is 4.98 Å². The van der Waals surface area contributed by atoms with Gasteiger partial charge in [0.05, 0.1) is 22.8 Å². The van der Waals surface area contributed by atoms with Gasteiger partial charge in [-0.05, 0) is 66.0 Å². The van der Waals surface area contributed by atoms with Crippen molar-refractivity contribution in [2.75, 3.05) is 7.11 Å². The summed E-state index contributed by atoms with van der Waals surface area (Å²) in [6.07, 6.45) is 2.51. The minimum Gasteiger partial charge on any atom is -0.496 e. The van der Waals surface area contributed by atoms with E-state index in [1.165, 1.54) is 11.6 Å². The summed E-state index contributed by atoms with van der Waals surface area (Å²) < 4.78 is 20.4. The number of pyridine rings is 1. The van der Waals surface area contributed by atoms with Crippen molar-refractivity contribution in [3.05, 3.63) is 69.6 Å². The third kappa shape index (κ3) is 2.80. The zero-order valence-electron chi connectivity index (χ0n) is 14.8. The largest absolute Gasteiger partial charge is 0.496 e. The number of hydrogen-bond donors (Lipinski definition) is 0. The first-order valence-electron chi connectivity index (χ1n) is 8.40. The molecule has 3 aromatic rings. The second-order valence-electron chi connectivity index (χ2n) is 7.09. The first-order chi connectivity index (χ1) is 12.4. The van der Waals surface area contributed by atoms with Crippen LogP contribution in [0.1, 0.15) is 30.5 Å². The first kappa shape index (κ1) is 17.2. The molecular weight excluding hydrogens is 395 g/mol.